The van der Waals surface area contributed by atoms with Crippen molar-refractivity contribution in [2.75, 3.05) is 6.54 Å². The highest BCUT2D eigenvalue weighted by Crippen LogP contribution is 2.34. The number of likely N-dealkylation sites (tertiary alicyclic amines) is 1. The molecule has 0 amide bonds. The van der Waals surface area contributed by atoms with Crippen molar-refractivity contribution in [3.8, 4) is 0 Å². The maximum absolute atomic E-state index is 4.96. The molecule has 3 aromatic rings. The molecular weight excluding hydrogens is 284 g/mol. The van der Waals surface area contributed by atoms with Crippen LogP contribution in [0.1, 0.15) is 37.3 Å². The highest BCUT2D eigenvalue weighted by Gasteiger charge is 2.30. The Morgan fingerprint density at radius 2 is 2.00 bits per heavy atom. The summed E-state index contributed by atoms with van der Waals surface area (Å²) in [5.41, 5.74) is 3.49. The van der Waals surface area contributed by atoms with Gasteiger partial charge in [0, 0.05) is 19.3 Å². The minimum Gasteiger partial charge on any atom is -0.327 e. The minimum absolute atomic E-state index is 0.393. The van der Waals surface area contributed by atoms with Crippen molar-refractivity contribution in [1.29, 1.82) is 0 Å². The fourth-order valence-corrected chi connectivity index (χ4v) is 3.69. The highest BCUT2D eigenvalue weighted by molar-refractivity contribution is 5.76. The van der Waals surface area contributed by atoms with Crippen LogP contribution in [-0.4, -0.2) is 26.0 Å². The Hall–Kier alpha value is -2.20. The first-order valence-corrected chi connectivity index (χ1v) is 8.46. The van der Waals surface area contributed by atoms with Crippen LogP contribution in [0, 0.1) is 0 Å². The number of nitrogens with zero attached hydrogens (tertiary/aromatic N) is 4. The number of aromatic nitrogens is 3. The molecule has 1 fully saturated rings. The first kappa shape index (κ1) is 14.4. The van der Waals surface area contributed by atoms with E-state index in [1.54, 1.807) is 0 Å². The number of hydrogen-bond acceptors (Lipinski definition) is 3. The topological polar surface area (TPSA) is 34.0 Å². The van der Waals surface area contributed by atoms with Crippen molar-refractivity contribution in [2.45, 2.75) is 38.9 Å². The Morgan fingerprint density at radius 1 is 1.13 bits per heavy atom. The standard InChI is InChI=1S/C19H22N4/c1-2-23-17-10-4-3-9-16(17)21-19(23)18-11-7-13-22(18)14-15-8-5-6-12-20-15/h3-6,8-10,12,18H,2,7,11,13-14H2,1H3/t18-/m1/s1. The van der Waals surface area contributed by atoms with E-state index in [1.807, 2.05) is 12.3 Å². The van der Waals surface area contributed by atoms with Crippen LogP contribution < -0.4 is 0 Å². The molecule has 4 heteroatoms. The predicted octanol–water partition coefficient (Wildman–Crippen LogP) is 3.79. The van der Waals surface area contributed by atoms with Gasteiger partial charge in [-0.25, -0.2) is 4.98 Å². The number of imidazole rings is 1. The first-order chi connectivity index (χ1) is 11.4. The molecule has 1 saturated heterocycles. The molecule has 0 saturated carbocycles. The average molecular weight is 306 g/mol. The third-order valence-electron chi connectivity index (χ3n) is 4.75. The van der Waals surface area contributed by atoms with Crippen LogP contribution in [0.4, 0.5) is 0 Å². The number of para-hydroxylation sites is 2. The Kier molecular flexibility index (Phi) is 3.83. The van der Waals surface area contributed by atoms with E-state index in [-0.39, 0.29) is 0 Å². The van der Waals surface area contributed by atoms with Gasteiger partial charge in [0.25, 0.3) is 0 Å². The van der Waals surface area contributed by atoms with Gasteiger partial charge in [-0.2, -0.15) is 0 Å². The molecule has 1 atom stereocenters. The van der Waals surface area contributed by atoms with Crippen molar-refractivity contribution in [2.24, 2.45) is 0 Å². The second-order valence-electron chi connectivity index (χ2n) is 6.15. The lowest BCUT2D eigenvalue weighted by Crippen LogP contribution is -2.25. The molecule has 1 aliphatic rings. The molecule has 3 heterocycles. The van der Waals surface area contributed by atoms with Gasteiger partial charge in [0.15, 0.2) is 0 Å². The summed E-state index contributed by atoms with van der Waals surface area (Å²) in [5, 5.41) is 0. The molecule has 4 nitrogen and oxygen atoms in total. The Labute approximate surface area is 136 Å². The molecule has 118 valence electrons. The Morgan fingerprint density at radius 3 is 2.83 bits per heavy atom. The summed E-state index contributed by atoms with van der Waals surface area (Å²) in [4.78, 5) is 12.0. The van der Waals surface area contributed by atoms with Gasteiger partial charge in [0.2, 0.25) is 0 Å². The van der Waals surface area contributed by atoms with E-state index in [0.29, 0.717) is 6.04 Å². The summed E-state index contributed by atoms with van der Waals surface area (Å²) in [7, 11) is 0. The Bertz CT molecular complexity index is 793. The van der Waals surface area contributed by atoms with Crippen molar-refractivity contribution in [3.05, 3.63) is 60.2 Å². The van der Waals surface area contributed by atoms with Crippen LogP contribution in [0.3, 0.4) is 0 Å². The van der Waals surface area contributed by atoms with E-state index in [0.717, 1.165) is 30.8 Å². The lowest BCUT2D eigenvalue weighted by Gasteiger charge is -2.24. The van der Waals surface area contributed by atoms with Crippen molar-refractivity contribution < 1.29 is 0 Å². The molecule has 0 spiro atoms. The molecule has 0 radical (unpaired) electrons. The molecule has 2 aromatic heterocycles. The molecule has 4 rings (SSSR count). The summed E-state index contributed by atoms with van der Waals surface area (Å²) in [6.45, 7) is 5.19. The lowest BCUT2D eigenvalue weighted by molar-refractivity contribution is 0.233. The molecule has 1 aromatic carbocycles. The summed E-state index contributed by atoms with van der Waals surface area (Å²) >= 11 is 0. The monoisotopic (exact) mass is 306 g/mol. The van der Waals surface area contributed by atoms with Gasteiger partial charge in [-0.1, -0.05) is 18.2 Å². The van der Waals surface area contributed by atoms with Crippen LogP contribution in [0.15, 0.2) is 48.7 Å². The fraction of sp³-hybridized carbons (Fsp3) is 0.368. The number of fused-ring (bicyclic) bond motifs is 1. The Balaban J connectivity index is 1.68. The van der Waals surface area contributed by atoms with Gasteiger partial charge in [-0.05, 0) is 50.6 Å². The van der Waals surface area contributed by atoms with Gasteiger partial charge in [0.1, 0.15) is 5.82 Å². The highest BCUT2D eigenvalue weighted by atomic mass is 15.2. The van der Waals surface area contributed by atoms with Crippen LogP contribution in [0.2, 0.25) is 0 Å². The quantitative estimate of drug-likeness (QED) is 0.735. The SMILES string of the molecule is CCn1c([C@H]2CCCN2Cc2ccccn2)nc2ccccc21. The first-order valence-electron chi connectivity index (χ1n) is 8.46. The lowest BCUT2D eigenvalue weighted by atomic mass is 10.2. The number of aryl methyl sites for hydroxylation is 1. The second-order valence-corrected chi connectivity index (χ2v) is 6.15. The van der Waals surface area contributed by atoms with Crippen molar-refractivity contribution in [1.82, 2.24) is 19.4 Å². The molecule has 23 heavy (non-hydrogen) atoms. The van der Waals surface area contributed by atoms with Crippen molar-refractivity contribution in [3.63, 3.8) is 0 Å². The average Bonchev–Trinajstić information content (AvgIpc) is 3.19. The fourth-order valence-electron chi connectivity index (χ4n) is 3.69. The van der Waals surface area contributed by atoms with E-state index in [9.17, 15) is 0 Å². The summed E-state index contributed by atoms with van der Waals surface area (Å²) in [6.07, 6.45) is 4.28. The van der Waals surface area contributed by atoms with E-state index in [1.165, 1.54) is 24.2 Å². The van der Waals surface area contributed by atoms with E-state index in [2.05, 4.69) is 57.8 Å². The molecular formula is C19H22N4. The summed E-state index contributed by atoms with van der Waals surface area (Å²) in [5.74, 6) is 1.21. The van der Waals surface area contributed by atoms with Crippen LogP contribution >= 0.6 is 0 Å². The normalized spacial score (nSPS) is 18.7. The number of benzene rings is 1. The molecule has 0 N–H and O–H groups in total. The van der Waals surface area contributed by atoms with E-state index in [4.69, 9.17) is 4.98 Å². The number of rotatable bonds is 4. The smallest absolute Gasteiger partial charge is 0.127 e. The van der Waals surface area contributed by atoms with Gasteiger partial charge >= 0.3 is 0 Å². The van der Waals surface area contributed by atoms with Crippen LogP contribution in [0.25, 0.3) is 11.0 Å². The van der Waals surface area contributed by atoms with Gasteiger partial charge < -0.3 is 4.57 Å². The van der Waals surface area contributed by atoms with Crippen LogP contribution in [0.5, 0.6) is 0 Å². The van der Waals surface area contributed by atoms with E-state index < -0.39 is 0 Å². The molecule has 0 aliphatic carbocycles. The third-order valence-corrected chi connectivity index (χ3v) is 4.75. The molecule has 0 bridgehead atoms. The van der Waals surface area contributed by atoms with Crippen molar-refractivity contribution >= 4 is 11.0 Å². The zero-order valence-corrected chi connectivity index (χ0v) is 13.5. The number of pyridine rings is 1. The van der Waals surface area contributed by atoms with Crippen LogP contribution in [-0.2, 0) is 13.1 Å². The van der Waals surface area contributed by atoms with Gasteiger partial charge in [-0.15, -0.1) is 0 Å². The maximum atomic E-state index is 4.96. The minimum atomic E-state index is 0.393. The molecule has 1 aliphatic heterocycles. The zero-order valence-electron chi connectivity index (χ0n) is 13.5. The second kappa shape index (κ2) is 6.13. The molecule has 0 unspecified atom stereocenters. The summed E-state index contributed by atoms with van der Waals surface area (Å²) < 4.78 is 2.37. The number of hydrogen-bond donors (Lipinski definition) is 0. The zero-order chi connectivity index (χ0) is 15.6. The maximum Gasteiger partial charge on any atom is 0.127 e. The summed E-state index contributed by atoms with van der Waals surface area (Å²) in [6, 6.07) is 15.0. The van der Waals surface area contributed by atoms with Gasteiger partial charge in [0.05, 0.1) is 22.8 Å². The predicted molar refractivity (Wildman–Crippen MR) is 92.0 cm³/mol. The van der Waals surface area contributed by atoms with E-state index >= 15 is 0 Å². The third kappa shape index (κ3) is 2.63. The largest absolute Gasteiger partial charge is 0.327 e. The van der Waals surface area contributed by atoms with Gasteiger partial charge in [-0.3, -0.25) is 9.88 Å².